The number of rotatable bonds is 3. The lowest BCUT2D eigenvalue weighted by molar-refractivity contribution is 0.0693. The number of nitrogens with zero attached hydrogens (tertiary/aromatic N) is 2. The third-order valence-electron chi connectivity index (χ3n) is 4.40. The smallest absolute Gasteiger partial charge is 0.274 e. The Labute approximate surface area is 146 Å². The predicted molar refractivity (Wildman–Crippen MR) is 96.4 cm³/mol. The minimum absolute atomic E-state index is 0.118. The Kier molecular flexibility index (Phi) is 3.94. The highest BCUT2D eigenvalue weighted by Crippen LogP contribution is 2.34. The molecule has 0 fully saturated rings. The number of hydrogen-bond donors (Lipinski definition) is 0. The number of hydrogen-bond acceptors (Lipinski definition) is 3. The summed E-state index contributed by atoms with van der Waals surface area (Å²) in [6.45, 7) is 2.00. The van der Waals surface area contributed by atoms with Gasteiger partial charge in [0.2, 0.25) is 0 Å². The minimum atomic E-state index is -0.223. The summed E-state index contributed by atoms with van der Waals surface area (Å²) in [7, 11) is 0. The lowest BCUT2D eigenvalue weighted by Crippen LogP contribution is -2.26. The molecule has 3 aromatic rings. The van der Waals surface area contributed by atoms with Gasteiger partial charge in [-0.3, -0.25) is 4.79 Å². The summed E-state index contributed by atoms with van der Waals surface area (Å²) in [5.41, 5.74) is 3.66. The zero-order chi connectivity index (χ0) is 17.2. The van der Waals surface area contributed by atoms with Crippen molar-refractivity contribution in [3.8, 4) is 0 Å². The van der Waals surface area contributed by atoms with Gasteiger partial charge in [-0.15, -0.1) is 0 Å². The molecule has 4 nitrogen and oxygen atoms in total. The molecule has 0 aliphatic carbocycles. The Morgan fingerprint density at radius 3 is 2.48 bits per heavy atom. The Morgan fingerprint density at radius 1 is 1.04 bits per heavy atom. The van der Waals surface area contributed by atoms with Crippen molar-refractivity contribution in [2.24, 2.45) is 5.10 Å². The molecule has 0 saturated carbocycles. The first-order chi connectivity index (χ1) is 12.2. The molecule has 1 amide bonds. The average Bonchev–Trinajstić information content (AvgIpc) is 3.32. The van der Waals surface area contributed by atoms with E-state index in [1.807, 2.05) is 73.7 Å². The molecule has 0 spiro atoms. The van der Waals surface area contributed by atoms with Crippen LogP contribution in [0.3, 0.4) is 0 Å². The maximum Gasteiger partial charge on any atom is 0.274 e. The number of carbonyl (C=O) groups excluding carboxylic acids is 1. The molecule has 0 bridgehead atoms. The van der Waals surface area contributed by atoms with Crippen LogP contribution in [0.2, 0.25) is 0 Å². The molecule has 124 valence electrons. The normalized spacial score (nSPS) is 16.8. The second-order valence-electron chi connectivity index (χ2n) is 6.16. The molecular weight excluding hydrogens is 312 g/mol. The van der Waals surface area contributed by atoms with Crippen LogP contribution in [0.5, 0.6) is 0 Å². The van der Waals surface area contributed by atoms with Gasteiger partial charge in [-0.1, -0.05) is 48.0 Å². The fourth-order valence-corrected chi connectivity index (χ4v) is 3.03. The predicted octanol–water partition coefficient (Wildman–Crippen LogP) is 4.58. The molecule has 0 N–H and O–H groups in total. The van der Waals surface area contributed by atoms with Crippen LogP contribution in [-0.2, 0) is 0 Å². The summed E-state index contributed by atoms with van der Waals surface area (Å²) in [5, 5.41) is 6.18. The van der Waals surface area contributed by atoms with Gasteiger partial charge in [-0.25, -0.2) is 5.01 Å². The van der Waals surface area contributed by atoms with Crippen LogP contribution < -0.4 is 0 Å². The van der Waals surface area contributed by atoms with E-state index < -0.39 is 0 Å². The standard InChI is InChI=1S/C21H18N2O2/c1-15-9-11-17(12-10-15)21(24)23-19(20-8-5-13-25-20)14-18(22-23)16-6-3-2-4-7-16/h2-13,19H,14H2,1H3/t19-/m1/s1. The first kappa shape index (κ1) is 15.4. The highest BCUT2D eigenvalue weighted by Gasteiger charge is 2.35. The molecule has 1 aliphatic rings. The van der Waals surface area contributed by atoms with E-state index >= 15 is 0 Å². The molecule has 1 aliphatic heterocycles. The van der Waals surface area contributed by atoms with Gasteiger partial charge in [0.05, 0.1) is 12.0 Å². The van der Waals surface area contributed by atoms with Gasteiger partial charge in [0.1, 0.15) is 11.8 Å². The van der Waals surface area contributed by atoms with E-state index in [0.29, 0.717) is 12.0 Å². The summed E-state index contributed by atoms with van der Waals surface area (Å²) >= 11 is 0. The van der Waals surface area contributed by atoms with Gasteiger partial charge >= 0.3 is 0 Å². The van der Waals surface area contributed by atoms with E-state index in [1.54, 1.807) is 11.3 Å². The Balaban J connectivity index is 1.71. The maximum atomic E-state index is 13.0. The van der Waals surface area contributed by atoms with Crippen LogP contribution in [0.15, 0.2) is 82.5 Å². The van der Waals surface area contributed by atoms with Gasteiger partial charge in [0.15, 0.2) is 0 Å². The number of aryl methyl sites for hydroxylation is 1. The Bertz CT molecular complexity index is 897. The molecule has 1 atom stereocenters. The molecule has 25 heavy (non-hydrogen) atoms. The topological polar surface area (TPSA) is 45.8 Å². The van der Waals surface area contributed by atoms with Gasteiger partial charge in [0.25, 0.3) is 5.91 Å². The van der Waals surface area contributed by atoms with Crippen LogP contribution in [0.25, 0.3) is 0 Å². The van der Waals surface area contributed by atoms with Crippen LogP contribution in [0, 0.1) is 6.92 Å². The van der Waals surface area contributed by atoms with Crippen LogP contribution in [0.1, 0.15) is 39.7 Å². The van der Waals surface area contributed by atoms with E-state index in [4.69, 9.17) is 4.42 Å². The van der Waals surface area contributed by atoms with Crippen LogP contribution >= 0.6 is 0 Å². The average molecular weight is 330 g/mol. The van der Waals surface area contributed by atoms with Crippen molar-refractivity contribution < 1.29 is 9.21 Å². The SMILES string of the molecule is Cc1ccc(C(=O)N2N=C(c3ccccc3)C[C@@H]2c2ccco2)cc1. The van der Waals surface area contributed by atoms with Gasteiger partial charge in [-0.2, -0.15) is 5.10 Å². The Hall–Kier alpha value is -3.14. The maximum absolute atomic E-state index is 13.0. The van der Waals surface area contributed by atoms with E-state index in [-0.39, 0.29) is 11.9 Å². The molecule has 4 rings (SSSR count). The molecular formula is C21H18N2O2. The van der Waals surface area contributed by atoms with E-state index in [2.05, 4.69) is 5.10 Å². The summed E-state index contributed by atoms with van der Waals surface area (Å²) in [4.78, 5) is 13.0. The number of amides is 1. The quantitative estimate of drug-likeness (QED) is 0.705. The van der Waals surface area contributed by atoms with Gasteiger partial charge in [0, 0.05) is 12.0 Å². The zero-order valence-electron chi connectivity index (χ0n) is 13.9. The molecule has 2 aromatic carbocycles. The lowest BCUT2D eigenvalue weighted by Gasteiger charge is -2.20. The monoisotopic (exact) mass is 330 g/mol. The second-order valence-corrected chi connectivity index (χ2v) is 6.16. The minimum Gasteiger partial charge on any atom is -0.467 e. The van der Waals surface area contributed by atoms with E-state index in [9.17, 15) is 4.79 Å². The summed E-state index contributed by atoms with van der Waals surface area (Å²) in [6.07, 6.45) is 2.26. The van der Waals surface area contributed by atoms with Crippen molar-refractivity contribution in [3.63, 3.8) is 0 Å². The second kappa shape index (κ2) is 6.40. The molecule has 0 radical (unpaired) electrons. The first-order valence-electron chi connectivity index (χ1n) is 8.29. The third-order valence-corrected chi connectivity index (χ3v) is 4.40. The van der Waals surface area contributed by atoms with Crippen LogP contribution in [0.4, 0.5) is 0 Å². The van der Waals surface area contributed by atoms with Crippen molar-refractivity contribution in [2.45, 2.75) is 19.4 Å². The first-order valence-corrected chi connectivity index (χ1v) is 8.29. The molecule has 0 saturated heterocycles. The lowest BCUT2D eigenvalue weighted by atomic mass is 10.0. The number of benzene rings is 2. The third kappa shape index (κ3) is 2.98. The van der Waals surface area contributed by atoms with E-state index in [1.165, 1.54) is 0 Å². The fraction of sp³-hybridized carbons (Fsp3) is 0.143. The number of furan rings is 1. The zero-order valence-corrected chi connectivity index (χ0v) is 13.9. The summed E-state index contributed by atoms with van der Waals surface area (Å²) < 4.78 is 5.57. The van der Waals surface area contributed by atoms with E-state index in [0.717, 1.165) is 22.6 Å². The molecule has 0 unspecified atom stereocenters. The van der Waals surface area contributed by atoms with Crippen molar-refractivity contribution in [1.82, 2.24) is 5.01 Å². The summed E-state index contributed by atoms with van der Waals surface area (Å²) in [6, 6.07) is 21.0. The van der Waals surface area contributed by atoms with Crippen LogP contribution in [-0.4, -0.2) is 16.6 Å². The Morgan fingerprint density at radius 2 is 1.80 bits per heavy atom. The molecule has 2 heterocycles. The summed E-state index contributed by atoms with van der Waals surface area (Å²) in [5.74, 6) is 0.627. The molecule has 1 aromatic heterocycles. The van der Waals surface area contributed by atoms with Crippen molar-refractivity contribution in [1.29, 1.82) is 0 Å². The largest absolute Gasteiger partial charge is 0.467 e. The van der Waals surface area contributed by atoms with Crippen molar-refractivity contribution in [2.75, 3.05) is 0 Å². The highest BCUT2D eigenvalue weighted by molar-refractivity contribution is 6.04. The fourth-order valence-electron chi connectivity index (χ4n) is 3.03. The van der Waals surface area contributed by atoms with Gasteiger partial charge in [-0.05, 0) is 36.8 Å². The number of carbonyl (C=O) groups is 1. The van der Waals surface area contributed by atoms with Crippen molar-refractivity contribution >= 4 is 11.6 Å². The number of hydrazone groups is 1. The molecule has 4 heteroatoms. The van der Waals surface area contributed by atoms with Crippen molar-refractivity contribution in [3.05, 3.63) is 95.4 Å². The van der Waals surface area contributed by atoms with Gasteiger partial charge < -0.3 is 4.42 Å². The highest BCUT2D eigenvalue weighted by atomic mass is 16.3.